The maximum Gasteiger partial charge on any atom is 0.163 e. The molecule has 1 heterocycles. The predicted octanol–water partition coefficient (Wildman–Crippen LogP) is 0.255. The van der Waals surface area contributed by atoms with Crippen molar-refractivity contribution < 1.29 is 14.6 Å². The Hall–Kier alpha value is -1.30. The lowest BCUT2D eigenvalue weighted by Gasteiger charge is -2.19. The summed E-state index contributed by atoms with van der Waals surface area (Å²) in [5, 5.41) is 12.5. The number of methoxy groups -OCH3 is 1. The SMILES string of the molecule is COc1ccccc1OCCN1CCNC1O. The van der Waals surface area contributed by atoms with Crippen LogP contribution in [0.5, 0.6) is 11.5 Å². The second-order valence-electron chi connectivity index (χ2n) is 3.86. The minimum Gasteiger partial charge on any atom is -0.493 e. The van der Waals surface area contributed by atoms with Crippen molar-refractivity contribution in [3.8, 4) is 11.5 Å². The van der Waals surface area contributed by atoms with Crippen molar-refractivity contribution >= 4 is 0 Å². The van der Waals surface area contributed by atoms with E-state index in [1.165, 1.54) is 0 Å². The highest BCUT2D eigenvalue weighted by Gasteiger charge is 2.20. The van der Waals surface area contributed by atoms with E-state index < -0.39 is 6.35 Å². The Morgan fingerprint density at radius 3 is 2.82 bits per heavy atom. The number of hydrogen-bond acceptors (Lipinski definition) is 5. The average Bonchev–Trinajstić information content (AvgIpc) is 2.76. The molecule has 5 nitrogen and oxygen atoms in total. The van der Waals surface area contributed by atoms with Gasteiger partial charge in [-0.1, -0.05) is 12.1 Å². The van der Waals surface area contributed by atoms with E-state index in [2.05, 4.69) is 5.32 Å². The number of ether oxygens (including phenoxy) is 2. The molecule has 2 N–H and O–H groups in total. The number of hydrogen-bond donors (Lipinski definition) is 2. The third kappa shape index (κ3) is 3.09. The van der Waals surface area contributed by atoms with Gasteiger partial charge in [0, 0.05) is 19.6 Å². The van der Waals surface area contributed by atoms with E-state index in [0.29, 0.717) is 13.2 Å². The van der Waals surface area contributed by atoms with E-state index in [0.717, 1.165) is 24.6 Å². The number of nitrogens with one attached hydrogen (secondary N) is 1. The van der Waals surface area contributed by atoms with Crippen LogP contribution in [-0.4, -0.2) is 49.7 Å². The third-order valence-corrected chi connectivity index (χ3v) is 2.78. The molecule has 0 bridgehead atoms. The molecule has 0 aromatic heterocycles. The van der Waals surface area contributed by atoms with Gasteiger partial charge in [0.05, 0.1) is 7.11 Å². The molecule has 1 fully saturated rings. The van der Waals surface area contributed by atoms with Crippen LogP contribution in [0.25, 0.3) is 0 Å². The van der Waals surface area contributed by atoms with Crippen molar-refractivity contribution in [1.82, 2.24) is 10.2 Å². The van der Waals surface area contributed by atoms with Gasteiger partial charge in [0.25, 0.3) is 0 Å². The van der Waals surface area contributed by atoms with Crippen molar-refractivity contribution in [2.45, 2.75) is 6.35 Å². The Bertz CT molecular complexity index is 359. The lowest BCUT2D eigenvalue weighted by Crippen LogP contribution is -2.37. The van der Waals surface area contributed by atoms with Crippen molar-refractivity contribution in [2.24, 2.45) is 0 Å². The fourth-order valence-corrected chi connectivity index (χ4v) is 1.83. The van der Waals surface area contributed by atoms with E-state index in [4.69, 9.17) is 9.47 Å². The average molecular weight is 238 g/mol. The molecule has 0 amide bonds. The summed E-state index contributed by atoms with van der Waals surface area (Å²) in [5.41, 5.74) is 0. The van der Waals surface area contributed by atoms with Gasteiger partial charge in [-0.25, -0.2) is 0 Å². The van der Waals surface area contributed by atoms with E-state index in [-0.39, 0.29) is 0 Å². The van der Waals surface area contributed by atoms with Crippen LogP contribution >= 0.6 is 0 Å². The quantitative estimate of drug-likeness (QED) is 0.770. The molecule has 1 aliphatic heterocycles. The van der Waals surface area contributed by atoms with Gasteiger partial charge in [0.2, 0.25) is 0 Å². The largest absolute Gasteiger partial charge is 0.493 e. The fourth-order valence-electron chi connectivity index (χ4n) is 1.83. The van der Waals surface area contributed by atoms with E-state index >= 15 is 0 Å². The first kappa shape index (κ1) is 12.2. The molecule has 1 atom stereocenters. The molecule has 1 aromatic rings. The molecule has 0 radical (unpaired) electrons. The van der Waals surface area contributed by atoms with E-state index in [1.54, 1.807) is 7.11 Å². The number of aliphatic hydroxyl groups excluding tert-OH is 1. The molecule has 1 saturated heterocycles. The summed E-state index contributed by atoms with van der Waals surface area (Å²) >= 11 is 0. The second-order valence-corrected chi connectivity index (χ2v) is 3.86. The lowest BCUT2D eigenvalue weighted by molar-refractivity contribution is 0.0149. The molecule has 5 heteroatoms. The van der Waals surface area contributed by atoms with Gasteiger partial charge >= 0.3 is 0 Å². The van der Waals surface area contributed by atoms with Gasteiger partial charge in [0.15, 0.2) is 17.9 Å². The first-order valence-corrected chi connectivity index (χ1v) is 5.72. The maximum atomic E-state index is 9.52. The zero-order valence-electron chi connectivity index (χ0n) is 9.93. The Kier molecular flexibility index (Phi) is 4.19. The third-order valence-electron chi connectivity index (χ3n) is 2.78. The molecule has 1 unspecified atom stereocenters. The van der Waals surface area contributed by atoms with Gasteiger partial charge in [-0.15, -0.1) is 0 Å². The summed E-state index contributed by atoms with van der Waals surface area (Å²) in [6, 6.07) is 7.54. The van der Waals surface area contributed by atoms with Crippen LogP contribution < -0.4 is 14.8 Å². The molecule has 94 valence electrons. The van der Waals surface area contributed by atoms with Gasteiger partial charge in [-0.2, -0.15) is 0 Å². The van der Waals surface area contributed by atoms with E-state index in [1.807, 2.05) is 29.2 Å². The van der Waals surface area contributed by atoms with Crippen LogP contribution in [-0.2, 0) is 0 Å². The number of rotatable bonds is 5. The maximum absolute atomic E-state index is 9.52. The highest BCUT2D eigenvalue weighted by molar-refractivity contribution is 5.39. The summed E-state index contributed by atoms with van der Waals surface area (Å²) in [7, 11) is 1.62. The minimum atomic E-state index is -0.545. The summed E-state index contributed by atoms with van der Waals surface area (Å²) < 4.78 is 10.8. The Labute approximate surface area is 101 Å². The predicted molar refractivity (Wildman–Crippen MR) is 64.1 cm³/mol. The van der Waals surface area contributed by atoms with Crippen LogP contribution in [0.4, 0.5) is 0 Å². The standard InChI is InChI=1S/C12H18N2O3/c1-16-10-4-2-3-5-11(10)17-9-8-14-7-6-13-12(14)15/h2-5,12-13,15H,6-9H2,1H3. The van der Waals surface area contributed by atoms with Crippen molar-refractivity contribution in [1.29, 1.82) is 0 Å². The van der Waals surface area contributed by atoms with Gasteiger partial charge in [0.1, 0.15) is 6.61 Å². The molecule has 0 saturated carbocycles. The molecule has 17 heavy (non-hydrogen) atoms. The van der Waals surface area contributed by atoms with Gasteiger partial charge < -0.3 is 14.6 Å². The molecule has 2 rings (SSSR count). The van der Waals surface area contributed by atoms with Crippen molar-refractivity contribution in [2.75, 3.05) is 33.4 Å². The molecule has 0 aliphatic carbocycles. The van der Waals surface area contributed by atoms with Crippen LogP contribution in [0.3, 0.4) is 0 Å². The van der Waals surface area contributed by atoms with Crippen LogP contribution in [0.1, 0.15) is 0 Å². The fraction of sp³-hybridized carbons (Fsp3) is 0.500. The first-order valence-electron chi connectivity index (χ1n) is 5.72. The van der Waals surface area contributed by atoms with Crippen LogP contribution in [0.15, 0.2) is 24.3 Å². The number of nitrogens with zero attached hydrogens (tertiary/aromatic N) is 1. The first-order chi connectivity index (χ1) is 8.31. The normalized spacial score (nSPS) is 20.5. The van der Waals surface area contributed by atoms with Crippen LogP contribution in [0, 0.1) is 0 Å². The Morgan fingerprint density at radius 2 is 2.18 bits per heavy atom. The summed E-state index contributed by atoms with van der Waals surface area (Å²) in [6.07, 6.45) is -0.545. The molecule has 1 aromatic carbocycles. The van der Waals surface area contributed by atoms with Crippen molar-refractivity contribution in [3.05, 3.63) is 24.3 Å². The van der Waals surface area contributed by atoms with Crippen LogP contribution in [0.2, 0.25) is 0 Å². The Morgan fingerprint density at radius 1 is 1.41 bits per heavy atom. The molecule has 0 spiro atoms. The topological polar surface area (TPSA) is 54.0 Å². The van der Waals surface area contributed by atoms with E-state index in [9.17, 15) is 5.11 Å². The number of benzene rings is 1. The van der Waals surface area contributed by atoms with Gasteiger partial charge in [-0.05, 0) is 12.1 Å². The second kappa shape index (κ2) is 5.86. The number of aliphatic hydroxyl groups is 1. The van der Waals surface area contributed by atoms with Crippen molar-refractivity contribution in [3.63, 3.8) is 0 Å². The minimum absolute atomic E-state index is 0.527. The molecular formula is C12H18N2O3. The molecule has 1 aliphatic rings. The zero-order chi connectivity index (χ0) is 12.1. The summed E-state index contributed by atoms with van der Waals surface area (Å²) in [5.74, 6) is 1.46. The summed E-state index contributed by atoms with van der Waals surface area (Å²) in [6.45, 7) is 2.87. The highest BCUT2D eigenvalue weighted by atomic mass is 16.5. The zero-order valence-corrected chi connectivity index (χ0v) is 9.93. The monoisotopic (exact) mass is 238 g/mol. The Balaban J connectivity index is 1.81. The lowest BCUT2D eigenvalue weighted by atomic mass is 10.3. The number of para-hydroxylation sites is 2. The smallest absolute Gasteiger partial charge is 0.163 e. The van der Waals surface area contributed by atoms with Gasteiger partial charge in [-0.3, -0.25) is 10.2 Å². The highest BCUT2D eigenvalue weighted by Crippen LogP contribution is 2.25. The molecular weight excluding hydrogens is 220 g/mol. The summed E-state index contributed by atoms with van der Waals surface area (Å²) in [4.78, 5) is 1.93.